The summed E-state index contributed by atoms with van der Waals surface area (Å²) in [6.45, 7) is 14.3. The number of Topliss-reactive ketones (excluding diaryl/α,β-unsaturated/α-hetero) is 1. The molecule has 2 heteroatoms. The summed E-state index contributed by atoms with van der Waals surface area (Å²) in [6.07, 6.45) is 3.22. The van der Waals surface area contributed by atoms with Crippen molar-refractivity contribution >= 4 is 5.78 Å². The predicted molar refractivity (Wildman–Crippen MR) is 89.3 cm³/mol. The van der Waals surface area contributed by atoms with Crippen LogP contribution in [0.2, 0.25) is 0 Å². The van der Waals surface area contributed by atoms with E-state index < -0.39 is 5.60 Å². The van der Waals surface area contributed by atoms with Crippen molar-refractivity contribution in [3.8, 4) is 5.75 Å². The summed E-state index contributed by atoms with van der Waals surface area (Å²) < 4.78 is 6.18. The van der Waals surface area contributed by atoms with E-state index in [-0.39, 0.29) is 5.78 Å². The predicted octanol–water partition coefficient (Wildman–Crippen LogP) is 5.09. The van der Waals surface area contributed by atoms with Gasteiger partial charge in [0.1, 0.15) is 5.75 Å². The van der Waals surface area contributed by atoms with E-state index >= 15 is 0 Å². The van der Waals surface area contributed by atoms with Gasteiger partial charge in [-0.1, -0.05) is 26.8 Å². The number of ketones is 1. The summed E-state index contributed by atoms with van der Waals surface area (Å²) in [5, 5.41) is 0. The van der Waals surface area contributed by atoms with E-state index in [2.05, 4.69) is 26.8 Å². The standard InChI is InChI=1S/C17H24O2.C2H6/c1-6-7-15(18)17(5)9-8-14-12(3)10-11(2)13(4)16(14)19-17;1-2/h10H,6-9H2,1-5H3;1-2H3/t17-;/m0./s1. The fourth-order valence-corrected chi connectivity index (χ4v) is 2.88. The van der Waals surface area contributed by atoms with Gasteiger partial charge < -0.3 is 4.74 Å². The number of rotatable bonds is 3. The highest BCUT2D eigenvalue weighted by molar-refractivity contribution is 5.87. The van der Waals surface area contributed by atoms with Gasteiger partial charge in [0, 0.05) is 6.42 Å². The molecule has 1 aliphatic rings. The molecule has 0 N–H and O–H groups in total. The quantitative estimate of drug-likeness (QED) is 0.775. The Kier molecular flexibility index (Phi) is 6.00. The molecule has 0 unspecified atom stereocenters. The summed E-state index contributed by atoms with van der Waals surface area (Å²) in [7, 11) is 0. The Bertz CT molecular complexity index is 517. The van der Waals surface area contributed by atoms with Gasteiger partial charge >= 0.3 is 0 Å². The Labute approximate surface area is 129 Å². The lowest BCUT2D eigenvalue weighted by Crippen LogP contribution is -2.44. The number of carbonyl (C=O) groups excluding carboxylic acids is 1. The van der Waals surface area contributed by atoms with Crippen LogP contribution in [0.25, 0.3) is 0 Å². The fourth-order valence-electron chi connectivity index (χ4n) is 2.88. The molecule has 1 aliphatic heterocycles. The number of aryl methyl sites for hydroxylation is 2. The van der Waals surface area contributed by atoms with E-state index in [0.29, 0.717) is 6.42 Å². The van der Waals surface area contributed by atoms with Gasteiger partial charge in [-0.05, 0) is 69.2 Å². The minimum absolute atomic E-state index is 0.235. The molecule has 0 aliphatic carbocycles. The van der Waals surface area contributed by atoms with Gasteiger partial charge in [0.25, 0.3) is 0 Å². The number of hydrogen-bond acceptors (Lipinski definition) is 2. The van der Waals surface area contributed by atoms with Gasteiger partial charge in [-0.3, -0.25) is 4.79 Å². The van der Waals surface area contributed by atoms with E-state index in [1.165, 1.54) is 22.3 Å². The molecule has 0 spiro atoms. The normalized spacial score (nSPS) is 20.0. The average molecular weight is 290 g/mol. The third-order valence-electron chi connectivity index (χ3n) is 4.36. The summed E-state index contributed by atoms with van der Waals surface area (Å²) in [4.78, 5) is 12.3. The van der Waals surface area contributed by atoms with Crippen LogP contribution in [0.1, 0.15) is 69.2 Å². The lowest BCUT2D eigenvalue weighted by atomic mass is 9.84. The molecule has 1 heterocycles. The molecule has 0 saturated carbocycles. The van der Waals surface area contributed by atoms with E-state index in [9.17, 15) is 4.79 Å². The van der Waals surface area contributed by atoms with Gasteiger partial charge in [-0.25, -0.2) is 0 Å². The molecule has 0 aromatic heterocycles. The van der Waals surface area contributed by atoms with Crippen molar-refractivity contribution < 1.29 is 9.53 Å². The van der Waals surface area contributed by atoms with Crippen molar-refractivity contribution in [2.45, 2.75) is 79.8 Å². The van der Waals surface area contributed by atoms with Crippen LogP contribution in [0.5, 0.6) is 5.75 Å². The Morgan fingerprint density at radius 1 is 1.24 bits per heavy atom. The number of carbonyl (C=O) groups is 1. The molecule has 0 amide bonds. The molecule has 1 atom stereocenters. The van der Waals surface area contributed by atoms with E-state index in [4.69, 9.17) is 4.74 Å². The fraction of sp³-hybridized carbons (Fsp3) is 0.632. The first-order valence-corrected chi connectivity index (χ1v) is 8.21. The monoisotopic (exact) mass is 290 g/mol. The smallest absolute Gasteiger partial charge is 0.176 e. The lowest BCUT2D eigenvalue weighted by Gasteiger charge is -2.36. The van der Waals surface area contributed by atoms with Crippen molar-refractivity contribution in [3.05, 3.63) is 28.3 Å². The maximum absolute atomic E-state index is 12.3. The van der Waals surface area contributed by atoms with Crippen LogP contribution in [0.4, 0.5) is 0 Å². The highest BCUT2D eigenvalue weighted by Crippen LogP contribution is 2.39. The first-order valence-electron chi connectivity index (χ1n) is 8.21. The molecule has 0 bridgehead atoms. The average Bonchev–Trinajstić information content (AvgIpc) is 2.47. The van der Waals surface area contributed by atoms with Gasteiger partial charge in [0.05, 0.1) is 0 Å². The minimum atomic E-state index is -0.631. The van der Waals surface area contributed by atoms with Crippen LogP contribution in [0, 0.1) is 20.8 Å². The molecule has 2 nitrogen and oxygen atoms in total. The lowest BCUT2D eigenvalue weighted by molar-refractivity contribution is -0.134. The first kappa shape index (κ1) is 17.7. The van der Waals surface area contributed by atoms with Crippen molar-refractivity contribution in [2.24, 2.45) is 0 Å². The summed E-state index contributed by atoms with van der Waals surface area (Å²) in [5.74, 6) is 1.19. The second-order valence-corrected chi connectivity index (χ2v) is 5.95. The zero-order valence-corrected chi connectivity index (χ0v) is 14.7. The zero-order chi connectivity index (χ0) is 16.2. The highest BCUT2D eigenvalue weighted by Gasteiger charge is 2.39. The Morgan fingerprint density at radius 3 is 2.43 bits per heavy atom. The molecule has 118 valence electrons. The van der Waals surface area contributed by atoms with Gasteiger partial charge in [0.2, 0.25) is 0 Å². The second kappa shape index (κ2) is 7.11. The second-order valence-electron chi connectivity index (χ2n) is 5.95. The van der Waals surface area contributed by atoms with Crippen LogP contribution in [-0.2, 0) is 11.2 Å². The SMILES string of the molecule is CC.CCCC(=O)[C@]1(C)CCc2c(C)cc(C)c(C)c2O1. The van der Waals surface area contributed by atoms with Crippen LogP contribution in [0.15, 0.2) is 6.07 Å². The number of ether oxygens (including phenoxy) is 1. The molecule has 1 aromatic rings. The molecule has 0 saturated heterocycles. The molecule has 0 fully saturated rings. The summed E-state index contributed by atoms with van der Waals surface area (Å²) in [5.41, 5.74) is 4.35. The summed E-state index contributed by atoms with van der Waals surface area (Å²) >= 11 is 0. The third kappa shape index (κ3) is 3.48. The van der Waals surface area contributed by atoms with E-state index in [1.54, 1.807) is 0 Å². The van der Waals surface area contributed by atoms with Crippen LogP contribution in [-0.4, -0.2) is 11.4 Å². The van der Waals surface area contributed by atoms with Crippen molar-refractivity contribution in [1.82, 2.24) is 0 Å². The third-order valence-corrected chi connectivity index (χ3v) is 4.36. The topological polar surface area (TPSA) is 26.3 Å². The number of fused-ring (bicyclic) bond motifs is 1. The molecular weight excluding hydrogens is 260 g/mol. The minimum Gasteiger partial charge on any atom is -0.479 e. The van der Waals surface area contributed by atoms with Crippen LogP contribution >= 0.6 is 0 Å². The maximum atomic E-state index is 12.3. The van der Waals surface area contributed by atoms with Gasteiger partial charge in [-0.2, -0.15) is 0 Å². The first-order chi connectivity index (χ1) is 9.89. The number of hydrogen-bond donors (Lipinski definition) is 0. The van der Waals surface area contributed by atoms with Crippen LogP contribution < -0.4 is 4.74 Å². The molecular formula is C19H30O2. The Balaban J connectivity index is 0.00000106. The van der Waals surface area contributed by atoms with Gasteiger partial charge in [-0.15, -0.1) is 0 Å². The van der Waals surface area contributed by atoms with E-state index in [1.807, 2.05) is 27.7 Å². The van der Waals surface area contributed by atoms with Gasteiger partial charge in [0.15, 0.2) is 11.4 Å². The largest absolute Gasteiger partial charge is 0.479 e. The van der Waals surface area contributed by atoms with Crippen molar-refractivity contribution in [2.75, 3.05) is 0 Å². The maximum Gasteiger partial charge on any atom is 0.176 e. The van der Waals surface area contributed by atoms with Crippen molar-refractivity contribution in [3.63, 3.8) is 0 Å². The van der Waals surface area contributed by atoms with Crippen molar-refractivity contribution in [1.29, 1.82) is 0 Å². The molecule has 21 heavy (non-hydrogen) atoms. The molecule has 2 rings (SSSR count). The molecule has 0 radical (unpaired) electrons. The zero-order valence-electron chi connectivity index (χ0n) is 14.7. The number of benzene rings is 1. The molecule has 1 aromatic carbocycles. The van der Waals surface area contributed by atoms with E-state index in [0.717, 1.165) is 25.0 Å². The summed E-state index contributed by atoms with van der Waals surface area (Å²) in [6, 6.07) is 2.22. The van der Waals surface area contributed by atoms with Crippen LogP contribution in [0.3, 0.4) is 0 Å². The Morgan fingerprint density at radius 2 is 1.86 bits per heavy atom. The Hall–Kier alpha value is -1.31. The highest BCUT2D eigenvalue weighted by atomic mass is 16.5.